The smallest absolute Gasteiger partial charge is 0.253 e. The summed E-state index contributed by atoms with van der Waals surface area (Å²) in [6, 6.07) is 15.3. The van der Waals surface area contributed by atoms with Crippen LogP contribution in [0.25, 0.3) is 10.9 Å². The molecule has 3 N–H and O–H groups in total. The van der Waals surface area contributed by atoms with Crippen molar-refractivity contribution in [3.63, 3.8) is 0 Å². The Labute approximate surface area is 171 Å². The van der Waals surface area contributed by atoms with Crippen LogP contribution in [-0.2, 0) is 11.2 Å². The molecular formula is C23H28N4O2. The predicted molar refractivity (Wildman–Crippen MR) is 117 cm³/mol. The number of aromatic nitrogens is 1. The first-order chi connectivity index (χ1) is 14.1. The van der Waals surface area contributed by atoms with Gasteiger partial charge in [0.25, 0.3) is 5.91 Å². The quantitative estimate of drug-likeness (QED) is 0.522. The summed E-state index contributed by atoms with van der Waals surface area (Å²) in [7, 11) is 0. The molecule has 1 heterocycles. The molecule has 152 valence electrons. The zero-order valence-corrected chi connectivity index (χ0v) is 17.0. The van der Waals surface area contributed by atoms with Crippen molar-refractivity contribution in [1.29, 1.82) is 0 Å². The van der Waals surface area contributed by atoms with E-state index in [1.807, 2.05) is 49.2 Å². The molecule has 0 bridgehead atoms. The number of carbonyl (C=O) groups excluding carboxylic acids is 2. The Morgan fingerprint density at radius 1 is 1.00 bits per heavy atom. The minimum absolute atomic E-state index is 0.118. The van der Waals surface area contributed by atoms with E-state index in [2.05, 4.69) is 21.7 Å². The largest absolute Gasteiger partial charge is 0.361 e. The highest BCUT2D eigenvalue weighted by Gasteiger charge is 2.14. The highest BCUT2D eigenvalue weighted by molar-refractivity contribution is 6.04. The second-order valence-electron chi connectivity index (χ2n) is 6.92. The minimum atomic E-state index is -0.190. The average Bonchev–Trinajstić information content (AvgIpc) is 3.22. The van der Waals surface area contributed by atoms with Crippen molar-refractivity contribution in [1.82, 2.24) is 15.2 Å². The zero-order chi connectivity index (χ0) is 20.6. The summed E-state index contributed by atoms with van der Waals surface area (Å²) in [5.74, 6) is -0.307. The van der Waals surface area contributed by atoms with Crippen molar-refractivity contribution < 1.29 is 9.59 Å². The van der Waals surface area contributed by atoms with Crippen molar-refractivity contribution in [2.45, 2.75) is 20.3 Å². The van der Waals surface area contributed by atoms with Crippen LogP contribution in [0.15, 0.2) is 54.7 Å². The lowest BCUT2D eigenvalue weighted by Crippen LogP contribution is -2.33. The fraction of sp³-hybridized carbons (Fsp3) is 0.304. The van der Waals surface area contributed by atoms with E-state index in [4.69, 9.17) is 0 Å². The number of rotatable bonds is 9. The monoisotopic (exact) mass is 392 g/mol. The average molecular weight is 393 g/mol. The standard InChI is InChI=1S/C23H28N4O2/c1-3-27(4-2)16-22(28)26-21-10-6-5-9-19(21)23(29)25-14-12-17-8-7-11-20-18(17)13-15-24-20/h5-11,13,15,24H,3-4,12,14,16H2,1-2H3,(H,25,29)(H,26,28). The van der Waals surface area contributed by atoms with E-state index >= 15 is 0 Å². The molecule has 0 radical (unpaired) electrons. The number of para-hydroxylation sites is 1. The van der Waals surface area contributed by atoms with Crippen LogP contribution in [0.5, 0.6) is 0 Å². The van der Waals surface area contributed by atoms with E-state index in [0.717, 1.165) is 25.0 Å². The van der Waals surface area contributed by atoms with Crippen molar-refractivity contribution in [2.75, 3.05) is 31.5 Å². The number of benzene rings is 2. The molecule has 0 aliphatic heterocycles. The number of H-pyrrole nitrogens is 1. The normalized spacial score (nSPS) is 11.0. The van der Waals surface area contributed by atoms with Gasteiger partial charge in [0.05, 0.1) is 17.8 Å². The minimum Gasteiger partial charge on any atom is -0.361 e. The summed E-state index contributed by atoms with van der Waals surface area (Å²) in [6.45, 7) is 6.48. The number of aromatic amines is 1. The van der Waals surface area contributed by atoms with Crippen LogP contribution in [0, 0.1) is 0 Å². The number of hydrogen-bond acceptors (Lipinski definition) is 3. The highest BCUT2D eigenvalue weighted by atomic mass is 16.2. The third kappa shape index (κ3) is 5.23. The molecule has 0 fully saturated rings. The zero-order valence-electron chi connectivity index (χ0n) is 17.0. The number of amides is 2. The summed E-state index contributed by atoms with van der Waals surface area (Å²) >= 11 is 0. The lowest BCUT2D eigenvalue weighted by atomic mass is 10.1. The molecule has 3 rings (SSSR count). The predicted octanol–water partition coefficient (Wildman–Crippen LogP) is 3.42. The molecule has 2 aromatic carbocycles. The molecular weight excluding hydrogens is 364 g/mol. The van der Waals surface area contributed by atoms with E-state index in [9.17, 15) is 9.59 Å². The second kappa shape index (κ2) is 9.89. The molecule has 0 unspecified atom stereocenters. The maximum absolute atomic E-state index is 12.7. The number of anilines is 1. The van der Waals surface area contributed by atoms with Gasteiger partial charge in [-0.05, 0) is 49.3 Å². The van der Waals surface area contributed by atoms with E-state index in [1.54, 1.807) is 18.2 Å². The maximum Gasteiger partial charge on any atom is 0.253 e. The summed E-state index contributed by atoms with van der Waals surface area (Å²) < 4.78 is 0. The topological polar surface area (TPSA) is 77.2 Å². The summed E-state index contributed by atoms with van der Waals surface area (Å²) in [5.41, 5.74) is 3.29. The molecule has 1 aromatic heterocycles. The van der Waals surface area contributed by atoms with Gasteiger partial charge in [-0.15, -0.1) is 0 Å². The number of hydrogen-bond donors (Lipinski definition) is 3. The van der Waals surface area contributed by atoms with Crippen molar-refractivity contribution in [2.24, 2.45) is 0 Å². The van der Waals surface area contributed by atoms with Gasteiger partial charge in [0, 0.05) is 23.6 Å². The fourth-order valence-electron chi connectivity index (χ4n) is 3.40. The summed E-state index contributed by atoms with van der Waals surface area (Å²) in [6.07, 6.45) is 2.65. The molecule has 29 heavy (non-hydrogen) atoms. The number of carbonyl (C=O) groups is 2. The number of fused-ring (bicyclic) bond motifs is 1. The lowest BCUT2D eigenvalue weighted by Gasteiger charge is -2.18. The van der Waals surface area contributed by atoms with E-state index in [0.29, 0.717) is 24.3 Å². The molecule has 0 saturated carbocycles. The fourth-order valence-corrected chi connectivity index (χ4v) is 3.40. The SMILES string of the molecule is CCN(CC)CC(=O)Nc1ccccc1C(=O)NCCc1cccc2[nH]ccc12. The van der Waals surface area contributed by atoms with Crippen LogP contribution in [0.4, 0.5) is 5.69 Å². The molecule has 0 spiro atoms. The first kappa shape index (κ1) is 20.6. The van der Waals surface area contributed by atoms with Gasteiger partial charge in [-0.2, -0.15) is 0 Å². The van der Waals surface area contributed by atoms with E-state index < -0.39 is 0 Å². The van der Waals surface area contributed by atoms with Gasteiger partial charge >= 0.3 is 0 Å². The third-order valence-electron chi connectivity index (χ3n) is 5.07. The highest BCUT2D eigenvalue weighted by Crippen LogP contribution is 2.18. The van der Waals surface area contributed by atoms with Gasteiger partial charge in [0.15, 0.2) is 0 Å². The van der Waals surface area contributed by atoms with Crippen molar-refractivity contribution in [3.05, 3.63) is 65.9 Å². The molecule has 0 aliphatic carbocycles. The Bertz CT molecular complexity index is 976. The van der Waals surface area contributed by atoms with Crippen LogP contribution in [-0.4, -0.2) is 47.9 Å². The summed E-state index contributed by atoms with van der Waals surface area (Å²) in [5, 5.41) is 7.02. The van der Waals surface area contributed by atoms with E-state index in [1.165, 1.54) is 10.9 Å². The molecule has 0 aliphatic rings. The molecule has 3 aromatic rings. The first-order valence-electron chi connectivity index (χ1n) is 10.1. The Morgan fingerprint density at radius 2 is 1.79 bits per heavy atom. The Kier molecular flexibility index (Phi) is 7.03. The van der Waals surface area contributed by atoms with Crippen molar-refractivity contribution in [3.8, 4) is 0 Å². The summed E-state index contributed by atoms with van der Waals surface area (Å²) in [4.78, 5) is 30.3. The molecule has 6 heteroatoms. The number of nitrogens with one attached hydrogen (secondary N) is 3. The number of likely N-dealkylation sites (N-methyl/N-ethyl adjacent to an activating group) is 1. The van der Waals surface area contributed by atoms with Crippen LogP contribution in [0.3, 0.4) is 0 Å². The van der Waals surface area contributed by atoms with Gasteiger partial charge in [-0.25, -0.2) is 0 Å². The van der Waals surface area contributed by atoms with Gasteiger partial charge in [-0.1, -0.05) is 38.1 Å². The molecule has 0 saturated heterocycles. The van der Waals surface area contributed by atoms with Crippen LogP contribution >= 0.6 is 0 Å². The van der Waals surface area contributed by atoms with Crippen LogP contribution in [0.1, 0.15) is 29.8 Å². The molecule has 0 atom stereocenters. The van der Waals surface area contributed by atoms with E-state index in [-0.39, 0.29) is 11.8 Å². The first-order valence-corrected chi connectivity index (χ1v) is 10.1. The Morgan fingerprint density at radius 3 is 2.59 bits per heavy atom. The Hall–Kier alpha value is -3.12. The van der Waals surface area contributed by atoms with Crippen LogP contribution in [0.2, 0.25) is 0 Å². The maximum atomic E-state index is 12.7. The van der Waals surface area contributed by atoms with Crippen LogP contribution < -0.4 is 10.6 Å². The number of nitrogens with zero attached hydrogens (tertiary/aromatic N) is 1. The third-order valence-corrected chi connectivity index (χ3v) is 5.07. The second-order valence-corrected chi connectivity index (χ2v) is 6.92. The lowest BCUT2D eigenvalue weighted by molar-refractivity contribution is -0.117. The van der Waals surface area contributed by atoms with Crippen molar-refractivity contribution >= 4 is 28.4 Å². The van der Waals surface area contributed by atoms with Gasteiger partial charge in [-0.3, -0.25) is 14.5 Å². The van der Waals surface area contributed by atoms with Gasteiger partial charge in [0.1, 0.15) is 0 Å². The molecule has 2 amide bonds. The van der Waals surface area contributed by atoms with Gasteiger partial charge in [0.2, 0.25) is 5.91 Å². The molecule has 6 nitrogen and oxygen atoms in total. The van der Waals surface area contributed by atoms with Gasteiger partial charge < -0.3 is 15.6 Å². The Balaban J connectivity index is 1.61.